The predicted octanol–water partition coefficient (Wildman–Crippen LogP) is 4.37. The number of anilines is 1. The molecule has 1 aromatic rings. The van der Waals surface area contributed by atoms with Crippen LogP contribution in [0.25, 0.3) is 0 Å². The van der Waals surface area contributed by atoms with Crippen molar-refractivity contribution in [2.45, 2.75) is 40.2 Å². The fourth-order valence-electron chi connectivity index (χ4n) is 2.56. The molecule has 1 rings (SSSR count). The standard InChI is InChI=1S/C19H31BrN3O5P/c1-5-27-29(26,28-6-2)12-11-21-18(24)17(13-14(3)4)23-19(25)22-16-9-7-15(20)8-10-16/h7-10,14,17H,5-6,11-13H2,1-4H3,(H,21,24)(H2,22,23,25). The number of carbonyl (C=O) groups excluding carboxylic acids is 2. The summed E-state index contributed by atoms with van der Waals surface area (Å²) in [6.45, 7) is 8.05. The van der Waals surface area contributed by atoms with Crippen LogP contribution < -0.4 is 16.0 Å². The van der Waals surface area contributed by atoms with Crippen molar-refractivity contribution >= 4 is 41.2 Å². The van der Waals surface area contributed by atoms with Gasteiger partial charge in [0.15, 0.2) is 0 Å². The Morgan fingerprint density at radius 1 is 1.10 bits per heavy atom. The third-order valence-corrected chi connectivity index (χ3v) is 6.37. The first-order valence-electron chi connectivity index (χ1n) is 9.68. The van der Waals surface area contributed by atoms with Gasteiger partial charge < -0.3 is 25.0 Å². The zero-order chi connectivity index (χ0) is 21.9. The number of hydrogen-bond donors (Lipinski definition) is 3. The number of halogens is 1. The quantitative estimate of drug-likeness (QED) is 0.376. The van der Waals surface area contributed by atoms with Crippen molar-refractivity contribution in [3.05, 3.63) is 28.7 Å². The first kappa shape index (κ1) is 25.6. The summed E-state index contributed by atoms with van der Waals surface area (Å²) in [4.78, 5) is 24.9. The molecule has 0 aromatic heterocycles. The van der Waals surface area contributed by atoms with Crippen LogP contribution in [0, 0.1) is 5.92 Å². The molecule has 10 heteroatoms. The number of urea groups is 1. The van der Waals surface area contributed by atoms with Gasteiger partial charge in [-0.3, -0.25) is 9.36 Å². The highest BCUT2D eigenvalue weighted by Gasteiger charge is 2.26. The van der Waals surface area contributed by atoms with Crippen molar-refractivity contribution in [3.63, 3.8) is 0 Å². The van der Waals surface area contributed by atoms with Crippen molar-refractivity contribution in [2.75, 3.05) is 31.2 Å². The van der Waals surface area contributed by atoms with Crippen LogP contribution in [0.1, 0.15) is 34.1 Å². The van der Waals surface area contributed by atoms with E-state index in [4.69, 9.17) is 9.05 Å². The first-order valence-corrected chi connectivity index (χ1v) is 12.2. The summed E-state index contributed by atoms with van der Waals surface area (Å²) in [5.74, 6) is -0.152. The fourth-order valence-corrected chi connectivity index (χ4v) is 4.33. The predicted molar refractivity (Wildman–Crippen MR) is 118 cm³/mol. The largest absolute Gasteiger partial charge is 0.354 e. The second kappa shape index (κ2) is 13.0. The van der Waals surface area contributed by atoms with Gasteiger partial charge in [0, 0.05) is 16.7 Å². The third-order valence-electron chi connectivity index (χ3n) is 3.77. The van der Waals surface area contributed by atoms with E-state index in [1.807, 2.05) is 26.0 Å². The Labute approximate surface area is 181 Å². The Kier molecular flexibility index (Phi) is 11.5. The molecule has 29 heavy (non-hydrogen) atoms. The highest BCUT2D eigenvalue weighted by Crippen LogP contribution is 2.47. The zero-order valence-electron chi connectivity index (χ0n) is 17.4. The second-order valence-corrected chi connectivity index (χ2v) is 9.85. The first-order chi connectivity index (χ1) is 13.7. The summed E-state index contributed by atoms with van der Waals surface area (Å²) in [5.41, 5.74) is 0.615. The van der Waals surface area contributed by atoms with Gasteiger partial charge in [-0.25, -0.2) is 4.79 Å². The summed E-state index contributed by atoms with van der Waals surface area (Å²) in [7, 11) is -3.23. The molecule has 1 unspecified atom stereocenters. The van der Waals surface area contributed by atoms with Gasteiger partial charge in [-0.1, -0.05) is 29.8 Å². The van der Waals surface area contributed by atoms with E-state index in [1.54, 1.807) is 26.0 Å². The summed E-state index contributed by atoms with van der Waals surface area (Å²) < 4.78 is 23.8. The van der Waals surface area contributed by atoms with Crippen LogP contribution in [0.3, 0.4) is 0 Å². The second-order valence-electron chi connectivity index (χ2n) is 6.75. The average Bonchev–Trinajstić information content (AvgIpc) is 2.63. The summed E-state index contributed by atoms with van der Waals surface area (Å²) in [6.07, 6.45) is 0.536. The molecule has 164 valence electrons. The van der Waals surface area contributed by atoms with Gasteiger partial charge >= 0.3 is 13.6 Å². The molecule has 0 aliphatic carbocycles. The Hall–Kier alpha value is -1.41. The van der Waals surface area contributed by atoms with Crippen LogP contribution in [0.4, 0.5) is 10.5 Å². The van der Waals surface area contributed by atoms with Crippen LogP contribution in [0.15, 0.2) is 28.7 Å². The monoisotopic (exact) mass is 491 g/mol. The lowest BCUT2D eigenvalue weighted by atomic mass is 10.0. The van der Waals surface area contributed by atoms with Gasteiger partial charge in [0.05, 0.1) is 19.4 Å². The fraction of sp³-hybridized carbons (Fsp3) is 0.579. The highest BCUT2D eigenvalue weighted by atomic mass is 79.9. The molecular formula is C19H31BrN3O5P. The summed E-state index contributed by atoms with van der Waals surface area (Å²) in [5, 5.41) is 8.13. The minimum Gasteiger partial charge on any atom is -0.354 e. The van der Waals surface area contributed by atoms with Gasteiger partial charge in [-0.2, -0.15) is 0 Å². The Morgan fingerprint density at radius 3 is 2.21 bits per heavy atom. The van der Waals surface area contributed by atoms with Crippen LogP contribution in [-0.2, 0) is 18.4 Å². The average molecular weight is 492 g/mol. The van der Waals surface area contributed by atoms with Crippen molar-refractivity contribution < 1.29 is 23.2 Å². The molecule has 0 aliphatic heterocycles. The minimum atomic E-state index is -3.23. The van der Waals surface area contributed by atoms with Crippen LogP contribution >= 0.6 is 23.5 Å². The number of hydrogen-bond acceptors (Lipinski definition) is 5. The topological polar surface area (TPSA) is 106 Å². The Morgan fingerprint density at radius 2 is 1.69 bits per heavy atom. The molecule has 1 aromatic carbocycles. The van der Waals surface area contributed by atoms with E-state index in [0.717, 1.165) is 4.47 Å². The van der Waals surface area contributed by atoms with E-state index in [-0.39, 0.29) is 37.7 Å². The van der Waals surface area contributed by atoms with Crippen molar-refractivity contribution in [1.29, 1.82) is 0 Å². The molecule has 0 heterocycles. The van der Waals surface area contributed by atoms with Gasteiger partial charge in [0.25, 0.3) is 0 Å². The molecule has 8 nitrogen and oxygen atoms in total. The van der Waals surface area contributed by atoms with E-state index < -0.39 is 19.7 Å². The van der Waals surface area contributed by atoms with E-state index >= 15 is 0 Å². The molecule has 0 fully saturated rings. The lowest BCUT2D eigenvalue weighted by molar-refractivity contribution is -0.123. The number of rotatable bonds is 12. The van der Waals surface area contributed by atoms with Crippen LogP contribution in [0.2, 0.25) is 0 Å². The van der Waals surface area contributed by atoms with Gasteiger partial charge in [-0.05, 0) is 50.5 Å². The molecule has 0 radical (unpaired) electrons. The molecular weight excluding hydrogens is 461 g/mol. The van der Waals surface area contributed by atoms with Gasteiger partial charge in [-0.15, -0.1) is 0 Å². The number of nitrogens with one attached hydrogen (secondary N) is 3. The van der Waals surface area contributed by atoms with E-state index in [1.165, 1.54) is 0 Å². The van der Waals surface area contributed by atoms with Crippen molar-refractivity contribution in [3.8, 4) is 0 Å². The molecule has 0 spiro atoms. The molecule has 0 aliphatic rings. The highest BCUT2D eigenvalue weighted by molar-refractivity contribution is 9.10. The normalized spacial score (nSPS) is 12.5. The molecule has 0 saturated carbocycles. The van der Waals surface area contributed by atoms with E-state index in [2.05, 4.69) is 31.9 Å². The van der Waals surface area contributed by atoms with Crippen LogP contribution in [-0.4, -0.2) is 43.9 Å². The maximum Gasteiger partial charge on any atom is 0.332 e. The maximum absolute atomic E-state index is 12.6. The lowest BCUT2D eigenvalue weighted by Crippen LogP contribution is -2.49. The summed E-state index contributed by atoms with van der Waals surface area (Å²) in [6, 6.07) is 5.93. The minimum absolute atomic E-state index is 0.0694. The third kappa shape index (κ3) is 10.3. The maximum atomic E-state index is 12.6. The molecule has 3 amide bonds. The SMILES string of the molecule is CCOP(=O)(CCNC(=O)C(CC(C)C)NC(=O)Nc1ccc(Br)cc1)OCC. The molecule has 1 atom stereocenters. The van der Waals surface area contributed by atoms with Crippen LogP contribution in [0.5, 0.6) is 0 Å². The van der Waals surface area contributed by atoms with Gasteiger partial charge in [0.2, 0.25) is 5.91 Å². The Balaban J connectivity index is 2.63. The Bertz CT molecular complexity index is 690. The number of benzene rings is 1. The molecule has 0 bridgehead atoms. The molecule has 0 saturated heterocycles. The zero-order valence-corrected chi connectivity index (χ0v) is 19.8. The van der Waals surface area contributed by atoms with E-state index in [9.17, 15) is 14.2 Å². The van der Waals surface area contributed by atoms with Crippen molar-refractivity contribution in [2.24, 2.45) is 5.92 Å². The molecule has 3 N–H and O–H groups in total. The number of carbonyl (C=O) groups is 2. The van der Waals surface area contributed by atoms with Crippen molar-refractivity contribution in [1.82, 2.24) is 10.6 Å². The van der Waals surface area contributed by atoms with Gasteiger partial charge in [0.1, 0.15) is 6.04 Å². The smallest absolute Gasteiger partial charge is 0.332 e. The summed E-state index contributed by atoms with van der Waals surface area (Å²) >= 11 is 3.34. The lowest BCUT2D eigenvalue weighted by Gasteiger charge is -2.21. The number of amides is 3. The van der Waals surface area contributed by atoms with E-state index in [0.29, 0.717) is 12.1 Å².